The molecule has 0 unspecified atom stereocenters. The van der Waals surface area contributed by atoms with Gasteiger partial charge in [-0.15, -0.1) is 0 Å². The van der Waals surface area contributed by atoms with E-state index in [9.17, 15) is 4.79 Å². The Morgan fingerprint density at radius 2 is 1.96 bits per heavy atom. The molecule has 0 saturated heterocycles. The highest BCUT2D eigenvalue weighted by atomic mass is 32.2. The molecule has 3 rings (SSSR count). The van der Waals surface area contributed by atoms with Crippen molar-refractivity contribution >= 4 is 34.3 Å². The molecule has 3 aromatic rings. The third-order valence-corrected chi connectivity index (χ3v) is 5.23. The third-order valence-electron chi connectivity index (χ3n) is 4.19. The first-order chi connectivity index (χ1) is 13.1. The molecule has 1 aromatic heterocycles. The smallest absolute Gasteiger partial charge is 0.234 e. The quantitative estimate of drug-likeness (QED) is 0.570. The maximum absolute atomic E-state index is 12.4. The number of fused-ring (bicyclic) bond motifs is 1. The van der Waals surface area contributed by atoms with E-state index in [2.05, 4.69) is 43.4 Å². The number of thioether (sulfide) groups is 1. The van der Waals surface area contributed by atoms with Gasteiger partial charge in [-0.1, -0.05) is 43.0 Å². The first-order valence-electron chi connectivity index (χ1n) is 9.15. The molecule has 0 radical (unpaired) electrons. The fraction of sp³-hybridized carbons (Fsp3) is 0.273. The van der Waals surface area contributed by atoms with Gasteiger partial charge in [0, 0.05) is 5.39 Å². The minimum Gasteiger partial charge on any atom is -0.492 e. The van der Waals surface area contributed by atoms with Crippen molar-refractivity contribution in [1.82, 2.24) is 4.98 Å². The maximum Gasteiger partial charge on any atom is 0.234 e. The Morgan fingerprint density at radius 3 is 2.74 bits per heavy atom. The maximum atomic E-state index is 12.4. The Morgan fingerprint density at radius 1 is 1.15 bits per heavy atom. The molecule has 5 heteroatoms. The molecule has 0 atom stereocenters. The number of pyridine rings is 1. The van der Waals surface area contributed by atoms with Crippen LogP contribution in [0, 0.1) is 6.92 Å². The lowest BCUT2D eigenvalue weighted by Gasteiger charge is -2.12. The number of hydrogen-bond donors (Lipinski definition) is 1. The number of rotatable bonds is 7. The summed E-state index contributed by atoms with van der Waals surface area (Å²) in [6.07, 6.45) is 0.883. The minimum atomic E-state index is -0.0691. The van der Waals surface area contributed by atoms with E-state index >= 15 is 0 Å². The zero-order valence-electron chi connectivity index (χ0n) is 15.9. The topological polar surface area (TPSA) is 51.2 Å². The largest absolute Gasteiger partial charge is 0.492 e. The number of carbonyl (C=O) groups excluding carboxylic acids is 1. The van der Waals surface area contributed by atoms with Crippen molar-refractivity contribution in [1.29, 1.82) is 0 Å². The lowest BCUT2D eigenvalue weighted by atomic mass is 10.1. The highest BCUT2D eigenvalue weighted by molar-refractivity contribution is 8.00. The van der Waals surface area contributed by atoms with Gasteiger partial charge in [-0.2, -0.15) is 0 Å². The van der Waals surface area contributed by atoms with Crippen molar-refractivity contribution in [2.24, 2.45) is 0 Å². The molecule has 0 aliphatic carbocycles. The number of anilines is 1. The summed E-state index contributed by atoms with van der Waals surface area (Å²) in [6.45, 7) is 6.65. The van der Waals surface area contributed by atoms with Gasteiger partial charge in [-0.05, 0) is 55.7 Å². The summed E-state index contributed by atoms with van der Waals surface area (Å²) in [5.74, 6) is 0.921. The second-order valence-corrected chi connectivity index (χ2v) is 7.23. The second-order valence-electron chi connectivity index (χ2n) is 6.27. The monoisotopic (exact) mass is 380 g/mol. The van der Waals surface area contributed by atoms with E-state index in [1.165, 1.54) is 22.9 Å². The van der Waals surface area contributed by atoms with Gasteiger partial charge < -0.3 is 10.1 Å². The average molecular weight is 381 g/mol. The van der Waals surface area contributed by atoms with Crippen LogP contribution in [0.25, 0.3) is 10.9 Å². The normalized spacial score (nSPS) is 10.8. The second kappa shape index (κ2) is 8.91. The van der Waals surface area contributed by atoms with Crippen LogP contribution in [0.2, 0.25) is 0 Å². The highest BCUT2D eigenvalue weighted by Crippen LogP contribution is 2.27. The van der Waals surface area contributed by atoms with Gasteiger partial charge in [-0.3, -0.25) is 4.79 Å². The van der Waals surface area contributed by atoms with E-state index in [-0.39, 0.29) is 5.91 Å². The summed E-state index contributed by atoms with van der Waals surface area (Å²) >= 11 is 1.47. The number of carbonyl (C=O) groups is 1. The number of amides is 1. The van der Waals surface area contributed by atoms with Crippen molar-refractivity contribution in [3.05, 3.63) is 59.7 Å². The lowest BCUT2D eigenvalue weighted by Crippen LogP contribution is -2.15. The summed E-state index contributed by atoms with van der Waals surface area (Å²) in [5, 5.41) is 4.99. The summed E-state index contributed by atoms with van der Waals surface area (Å²) < 4.78 is 5.56. The fourth-order valence-corrected chi connectivity index (χ4v) is 3.74. The molecule has 1 heterocycles. The zero-order valence-corrected chi connectivity index (χ0v) is 16.7. The van der Waals surface area contributed by atoms with Gasteiger partial charge in [-0.25, -0.2) is 4.98 Å². The first-order valence-corrected chi connectivity index (χ1v) is 10.1. The van der Waals surface area contributed by atoms with Crippen LogP contribution in [0.15, 0.2) is 53.6 Å². The van der Waals surface area contributed by atoms with E-state index in [0.717, 1.165) is 22.3 Å². The van der Waals surface area contributed by atoms with Crippen LogP contribution in [0.5, 0.6) is 5.75 Å². The van der Waals surface area contributed by atoms with Crippen LogP contribution in [0.1, 0.15) is 25.0 Å². The Kier molecular flexibility index (Phi) is 6.35. The molecular formula is C22H24N2O2S. The van der Waals surface area contributed by atoms with Gasteiger partial charge in [0.25, 0.3) is 0 Å². The van der Waals surface area contributed by atoms with Gasteiger partial charge in [0.05, 0.1) is 23.6 Å². The van der Waals surface area contributed by atoms with Crippen LogP contribution in [0.4, 0.5) is 5.69 Å². The Hall–Kier alpha value is -2.53. The SMILES string of the molecule is CCOc1ccccc1NC(=O)CSc1nc2cc(C)ccc2cc1CC. The van der Waals surface area contributed by atoms with Crippen molar-refractivity contribution in [3.8, 4) is 5.75 Å². The molecule has 4 nitrogen and oxygen atoms in total. The van der Waals surface area contributed by atoms with Crippen LogP contribution in [-0.2, 0) is 11.2 Å². The van der Waals surface area contributed by atoms with Crippen LogP contribution >= 0.6 is 11.8 Å². The number of nitrogens with one attached hydrogen (secondary N) is 1. The molecule has 0 bridgehead atoms. The highest BCUT2D eigenvalue weighted by Gasteiger charge is 2.11. The molecule has 0 fully saturated rings. The number of aromatic nitrogens is 1. The molecular weight excluding hydrogens is 356 g/mol. The Labute approximate surface area is 164 Å². The fourth-order valence-electron chi connectivity index (χ4n) is 2.85. The lowest BCUT2D eigenvalue weighted by molar-refractivity contribution is -0.113. The van der Waals surface area contributed by atoms with Gasteiger partial charge in [0.15, 0.2) is 0 Å². The molecule has 0 aliphatic heterocycles. The van der Waals surface area contributed by atoms with Crippen molar-refractivity contribution in [2.45, 2.75) is 32.2 Å². The summed E-state index contributed by atoms with van der Waals surface area (Å²) in [7, 11) is 0. The molecule has 2 aromatic carbocycles. The third kappa shape index (κ3) is 4.80. The average Bonchev–Trinajstić information content (AvgIpc) is 2.67. The van der Waals surface area contributed by atoms with Crippen molar-refractivity contribution in [2.75, 3.05) is 17.7 Å². The molecule has 0 spiro atoms. The van der Waals surface area contributed by atoms with E-state index < -0.39 is 0 Å². The number of ether oxygens (including phenoxy) is 1. The molecule has 1 amide bonds. The standard InChI is InChI=1S/C22H24N2O2S/c1-4-16-13-17-11-10-15(3)12-19(17)24-22(16)27-14-21(25)23-18-8-6-7-9-20(18)26-5-2/h6-13H,4-5,14H2,1-3H3,(H,23,25). The summed E-state index contributed by atoms with van der Waals surface area (Å²) in [4.78, 5) is 17.2. The number of nitrogens with zero attached hydrogens (tertiary/aromatic N) is 1. The minimum absolute atomic E-state index is 0.0691. The van der Waals surface area contributed by atoms with E-state index in [4.69, 9.17) is 9.72 Å². The number of hydrogen-bond acceptors (Lipinski definition) is 4. The predicted octanol–water partition coefficient (Wildman–Crippen LogP) is 5.24. The van der Waals surface area contributed by atoms with Gasteiger partial charge in [0.2, 0.25) is 5.91 Å². The number of para-hydroxylation sites is 2. The Balaban J connectivity index is 1.73. The van der Waals surface area contributed by atoms with Crippen LogP contribution in [0.3, 0.4) is 0 Å². The van der Waals surface area contributed by atoms with E-state index in [1.807, 2.05) is 31.2 Å². The summed E-state index contributed by atoms with van der Waals surface area (Å²) in [6, 6.07) is 15.9. The van der Waals surface area contributed by atoms with Crippen molar-refractivity contribution in [3.63, 3.8) is 0 Å². The zero-order chi connectivity index (χ0) is 19.2. The predicted molar refractivity (Wildman–Crippen MR) is 113 cm³/mol. The van der Waals surface area contributed by atoms with Crippen LogP contribution in [-0.4, -0.2) is 23.3 Å². The number of benzene rings is 2. The van der Waals surface area contributed by atoms with Gasteiger partial charge >= 0.3 is 0 Å². The Bertz CT molecular complexity index is 956. The molecule has 27 heavy (non-hydrogen) atoms. The molecule has 0 saturated carbocycles. The van der Waals surface area contributed by atoms with E-state index in [1.54, 1.807) is 0 Å². The van der Waals surface area contributed by atoms with E-state index in [0.29, 0.717) is 23.8 Å². The van der Waals surface area contributed by atoms with Gasteiger partial charge in [0.1, 0.15) is 10.8 Å². The molecule has 140 valence electrons. The molecule has 0 aliphatic rings. The summed E-state index contributed by atoms with van der Waals surface area (Å²) in [5.41, 5.74) is 4.01. The van der Waals surface area contributed by atoms with Crippen LogP contribution < -0.4 is 10.1 Å². The number of aryl methyl sites for hydroxylation is 2. The molecule has 1 N–H and O–H groups in total. The van der Waals surface area contributed by atoms with Crippen molar-refractivity contribution < 1.29 is 9.53 Å². The first kappa shape index (κ1) is 19.2.